The lowest BCUT2D eigenvalue weighted by atomic mass is 10.1. The van der Waals surface area contributed by atoms with Gasteiger partial charge in [0.25, 0.3) is 5.91 Å². The largest absolute Gasteiger partial charge is 0.491 e. The van der Waals surface area contributed by atoms with Gasteiger partial charge >= 0.3 is 5.95 Å². The Balaban J connectivity index is 1.41. The monoisotopic (exact) mass is 406 g/mol. The number of hydrogen-bond donors (Lipinski definition) is 1. The average Bonchev–Trinajstić information content (AvgIpc) is 3.50. The average molecular weight is 406 g/mol. The van der Waals surface area contributed by atoms with Crippen LogP contribution >= 0.6 is 0 Å². The van der Waals surface area contributed by atoms with Crippen molar-refractivity contribution >= 4 is 11.9 Å². The Bertz CT molecular complexity index is 1180. The molecule has 4 rings (SSSR count). The number of benzene rings is 1. The van der Waals surface area contributed by atoms with Crippen molar-refractivity contribution < 1.29 is 9.72 Å². The number of rotatable bonds is 7. The number of aromatic nitrogens is 6. The third-order valence-electron chi connectivity index (χ3n) is 4.47. The van der Waals surface area contributed by atoms with Gasteiger partial charge in [-0.3, -0.25) is 4.79 Å². The van der Waals surface area contributed by atoms with Crippen LogP contribution in [0.2, 0.25) is 0 Å². The quantitative estimate of drug-likeness (QED) is 0.370. The molecule has 0 saturated carbocycles. The Labute approximate surface area is 170 Å². The molecule has 11 heteroatoms. The van der Waals surface area contributed by atoms with Gasteiger partial charge in [0.05, 0.1) is 6.04 Å². The zero-order valence-electron chi connectivity index (χ0n) is 16.0. The third kappa shape index (κ3) is 4.09. The second-order valence-electron chi connectivity index (χ2n) is 6.60. The SMILES string of the molecule is CC(NC(=O)c1ccn(Cn2cnc([N+](=O)[O-])n2)n1)c1cccc(-n2cccc2)c1. The minimum Gasteiger partial charge on any atom is -0.390 e. The molecule has 30 heavy (non-hydrogen) atoms. The molecule has 1 unspecified atom stereocenters. The van der Waals surface area contributed by atoms with E-state index in [9.17, 15) is 14.9 Å². The first kappa shape index (κ1) is 19.1. The maximum absolute atomic E-state index is 12.6. The van der Waals surface area contributed by atoms with Gasteiger partial charge in [-0.15, -0.1) is 0 Å². The molecule has 152 valence electrons. The highest BCUT2D eigenvalue weighted by atomic mass is 16.6. The Morgan fingerprint density at radius 3 is 2.67 bits per heavy atom. The van der Waals surface area contributed by atoms with Crippen LogP contribution < -0.4 is 5.32 Å². The van der Waals surface area contributed by atoms with E-state index in [0.717, 1.165) is 11.3 Å². The van der Waals surface area contributed by atoms with Crippen LogP contribution in [0.1, 0.15) is 29.0 Å². The number of carbonyl (C=O) groups excluding carboxylic acids is 1. The summed E-state index contributed by atoms with van der Waals surface area (Å²) in [5.41, 5.74) is 2.20. The molecule has 0 aliphatic carbocycles. The highest BCUT2D eigenvalue weighted by molar-refractivity contribution is 5.92. The van der Waals surface area contributed by atoms with Gasteiger partial charge in [-0.25, -0.2) is 4.68 Å². The van der Waals surface area contributed by atoms with Crippen LogP contribution in [0.15, 0.2) is 67.4 Å². The van der Waals surface area contributed by atoms with Gasteiger partial charge in [-0.05, 0) is 47.7 Å². The maximum Gasteiger partial charge on any atom is 0.491 e. The lowest BCUT2D eigenvalue weighted by Gasteiger charge is -2.15. The van der Waals surface area contributed by atoms with Crippen LogP contribution in [0, 0.1) is 10.1 Å². The summed E-state index contributed by atoms with van der Waals surface area (Å²) in [5, 5.41) is 21.5. The molecule has 0 bridgehead atoms. The molecule has 11 nitrogen and oxygen atoms in total. The Kier molecular flexibility index (Phi) is 5.08. The van der Waals surface area contributed by atoms with Crippen molar-refractivity contribution in [3.8, 4) is 5.69 Å². The maximum atomic E-state index is 12.6. The lowest BCUT2D eigenvalue weighted by molar-refractivity contribution is -0.394. The predicted octanol–water partition coefficient (Wildman–Crippen LogP) is 2.17. The molecule has 1 atom stereocenters. The van der Waals surface area contributed by atoms with Crippen LogP contribution in [0.25, 0.3) is 5.69 Å². The van der Waals surface area contributed by atoms with E-state index in [2.05, 4.69) is 20.5 Å². The zero-order valence-corrected chi connectivity index (χ0v) is 16.0. The molecule has 3 aromatic heterocycles. The summed E-state index contributed by atoms with van der Waals surface area (Å²) in [4.78, 5) is 26.2. The fourth-order valence-corrected chi connectivity index (χ4v) is 2.96. The van der Waals surface area contributed by atoms with Crippen LogP contribution in [-0.2, 0) is 6.67 Å². The fourth-order valence-electron chi connectivity index (χ4n) is 2.96. The summed E-state index contributed by atoms with van der Waals surface area (Å²) >= 11 is 0. The molecule has 0 aliphatic heterocycles. The van der Waals surface area contributed by atoms with Crippen molar-refractivity contribution in [3.05, 3.63) is 88.8 Å². The van der Waals surface area contributed by atoms with Crippen LogP contribution in [0.5, 0.6) is 0 Å². The summed E-state index contributed by atoms with van der Waals surface area (Å²) in [6.07, 6.45) is 6.75. The highest BCUT2D eigenvalue weighted by Crippen LogP contribution is 2.17. The van der Waals surface area contributed by atoms with Gasteiger partial charge in [0.1, 0.15) is 5.69 Å². The topological polar surface area (TPSA) is 126 Å². The molecule has 3 heterocycles. The second-order valence-corrected chi connectivity index (χ2v) is 6.60. The Hall–Kier alpha value is -4.28. The summed E-state index contributed by atoms with van der Waals surface area (Å²) in [6.45, 7) is 2.00. The first-order valence-electron chi connectivity index (χ1n) is 9.11. The van der Waals surface area contributed by atoms with E-state index in [1.54, 1.807) is 12.3 Å². The van der Waals surface area contributed by atoms with Crippen molar-refractivity contribution in [2.24, 2.45) is 0 Å². The third-order valence-corrected chi connectivity index (χ3v) is 4.47. The van der Waals surface area contributed by atoms with E-state index in [1.165, 1.54) is 15.7 Å². The fraction of sp³-hybridized carbons (Fsp3) is 0.158. The van der Waals surface area contributed by atoms with E-state index < -0.39 is 10.9 Å². The van der Waals surface area contributed by atoms with Crippen molar-refractivity contribution in [2.45, 2.75) is 19.6 Å². The number of nitrogens with zero attached hydrogens (tertiary/aromatic N) is 7. The molecule has 1 aromatic carbocycles. The van der Waals surface area contributed by atoms with Gasteiger partial charge in [-0.1, -0.05) is 17.1 Å². The predicted molar refractivity (Wildman–Crippen MR) is 106 cm³/mol. The summed E-state index contributed by atoms with van der Waals surface area (Å²) < 4.78 is 4.71. The van der Waals surface area contributed by atoms with Crippen molar-refractivity contribution in [2.75, 3.05) is 0 Å². The van der Waals surface area contributed by atoms with Gasteiger partial charge in [0, 0.05) is 29.4 Å². The number of nitro groups is 1. The molecule has 1 N–H and O–H groups in total. The number of amides is 1. The number of hydrogen-bond acceptors (Lipinski definition) is 6. The smallest absolute Gasteiger partial charge is 0.390 e. The summed E-state index contributed by atoms with van der Waals surface area (Å²) in [7, 11) is 0. The van der Waals surface area contributed by atoms with Gasteiger partial charge in [0.2, 0.25) is 6.33 Å². The number of carbonyl (C=O) groups is 1. The van der Waals surface area contributed by atoms with Gasteiger partial charge in [0.15, 0.2) is 6.67 Å². The highest BCUT2D eigenvalue weighted by Gasteiger charge is 2.16. The first-order chi connectivity index (χ1) is 14.5. The van der Waals surface area contributed by atoms with Gasteiger partial charge < -0.3 is 20.0 Å². The number of nitrogens with one attached hydrogen (secondary N) is 1. The van der Waals surface area contributed by atoms with E-state index in [-0.39, 0.29) is 24.3 Å². The van der Waals surface area contributed by atoms with Crippen molar-refractivity contribution in [1.82, 2.24) is 34.4 Å². The zero-order chi connectivity index (χ0) is 21.1. The molecule has 0 fully saturated rings. The minimum absolute atomic E-state index is 0.0998. The van der Waals surface area contributed by atoms with E-state index >= 15 is 0 Å². The molecule has 0 spiro atoms. The molecular weight excluding hydrogens is 388 g/mol. The first-order valence-corrected chi connectivity index (χ1v) is 9.11. The summed E-state index contributed by atoms with van der Waals surface area (Å²) in [5.74, 6) is -0.812. The second kappa shape index (κ2) is 7.99. The van der Waals surface area contributed by atoms with E-state index in [0.29, 0.717) is 0 Å². The summed E-state index contributed by atoms with van der Waals surface area (Å²) in [6, 6.07) is 13.2. The molecule has 1 amide bonds. The standard InChI is InChI=1S/C19H18N8O3/c1-14(15-5-4-6-16(11-15)24-8-2-3-9-24)21-18(28)17-7-10-25(22-17)13-26-12-20-19(23-26)27(29)30/h2-12,14H,13H2,1H3,(H,21,28). The molecular formula is C19H18N8O3. The van der Waals surface area contributed by atoms with Gasteiger partial charge in [-0.2, -0.15) is 9.78 Å². The van der Waals surface area contributed by atoms with Crippen LogP contribution in [-0.4, -0.2) is 39.9 Å². The van der Waals surface area contributed by atoms with Crippen molar-refractivity contribution in [1.29, 1.82) is 0 Å². The normalized spacial score (nSPS) is 11.9. The molecule has 4 aromatic rings. The minimum atomic E-state index is -0.675. The van der Waals surface area contributed by atoms with Crippen LogP contribution in [0.3, 0.4) is 0 Å². The van der Waals surface area contributed by atoms with Crippen molar-refractivity contribution in [3.63, 3.8) is 0 Å². The Morgan fingerprint density at radius 1 is 1.13 bits per heavy atom. The molecule has 0 radical (unpaired) electrons. The molecule has 0 aliphatic rings. The molecule has 0 saturated heterocycles. The van der Waals surface area contributed by atoms with E-state index in [4.69, 9.17) is 0 Å². The van der Waals surface area contributed by atoms with E-state index in [1.807, 2.05) is 60.3 Å². The van der Waals surface area contributed by atoms with Crippen LogP contribution in [0.4, 0.5) is 5.95 Å². The lowest BCUT2D eigenvalue weighted by Crippen LogP contribution is -2.27. The Morgan fingerprint density at radius 2 is 1.93 bits per heavy atom.